The standard InChI is InChI=1S/C14H17N3OS/c1-4-18-11-5-10(7-15-8-11)12-6-13(19)17-14(16-12)9(2)3/h5-9H,4H2,1-3H3,(H,16,17,19). The summed E-state index contributed by atoms with van der Waals surface area (Å²) in [7, 11) is 0. The molecular formula is C14H17N3OS. The molecule has 2 rings (SSSR count). The SMILES string of the molecule is CCOc1cncc(-c2cc(=S)nc(C(C)C)[nH]2)c1. The molecule has 0 aliphatic carbocycles. The summed E-state index contributed by atoms with van der Waals surface area (Å²) < 4.78 is 6.04. The minimum Gasteiger partial charge on any atom is -0.492 e. The third kappa shape index (κ3) is 3.38. The number of hydrogen-bond acceptors (Lipinski definition) is 4. The second kappa shape index (κ2) is 5.93. The highest BCUT2D eigenvalue weighted by Crippen LogP contribution is 2.22. The Morgan fingerprint density at radius 3 is 2.79 bits per heavy atom. The highest BCUT2D eigenvalue weighted by molar-refractivity contribution is 7.71. The molecule has 5 heteroatoms. The number of hydrogen-bond donors (Lipinski definition) is 1. The molecule has 0 unspecified atom stereocenters. The minimum atomic E-state index is 0.296. The van der Waals surface area contributed by atoms with Crippen LogP contribution in [0.5, 0.6) is 5.75 Å². The van der Waals surface area contributed by atoms with Gasteiger partial charge in [-0.3, -0.25) is 4.98 Å². The fraction of sp³-hybridized carbons (Fsp3) is 0.357. The zero-order valence-corrected chi connectivity index (χ0v) is 12.1. The average Bonchev–Trinajstić information content (AvgIpc) is 2.38. The number of aromatic amines is 1. The molecule has 4 nitrogen and oxygen atoms in total. The predicted molar refractivity (Wildman–Crippen MR) is 77.9 cm³/mol. The number of H-pyrrole nitrogens is 1. The van der Waals surface area contributed by atoms with Gasteiger partial charge >= 0.3 is 0 Å². The molecule has 0 aliphatic rings. The van der Waals surface area contributed by atoms with Gasteiger partial charge < -0.3 is 9.72 Å². The molecule has 0 atom stereocenters. The van der Waals surface area contributed by atoms with Crippen molar-refractivity contribution in [2.45, 2.75) is 26.7 Å². The van der Waals surface area contributed by atoms with Crippen molar-refractivity contribution in [3.63, 3.8) is 0 Å². The lowest BCUT2D eigenvalue weighted by molar-refractivity contribution is 0.339. The number of nitrogens with one attached hydrogen (secondary N) is 1. The lowest BCUT2D eigenvalue weighted by atomic mass is 10.1. The molecule has 2 aromatic rings. The van der Waals surface area contributed by atoms with Crippen LogP contribution in [0.25, 0.3) is 11.3 Å². The first kappa shape index (κ1) is 13.7. The van der Waals surface area contributed by atoms with Crippen LogP contribution < -0.4 is 4.74 Å². The Hall–Kier alpha value is -1.75. The number of nitrogens with zero attached hydrogens (tertiary/aromatic N) is 2. The molecule has 0 aliphatic heterocycles. The second-order valence-electron chi connectivity index (χ2n) is 4.52. The molecule has 2 heterocycles. The highest BCUT2D eigenvalue weighted by Gasteiger charge is 2.06. The van der Waals surface area contributed by atoms with Crippen molar-refractivity contribution >= 4 is 12.2 Å². The van der Waals surface area contributed by atoms with Gasteiger partial charge in [0.05, 0.1) is 18.5 Å². The summed E-state index contributed by atoms with van der Waals surface area (Å²) >= 11 is 5.21. The monoisotopic (exact) mass is 275 g/mol. The van der Waals surface area contributed by atoms with Crippen LogP contribution in [0.4, 0.5) is 0 Å². The van der Waals surface area contributed by atoms with Crippen LogP contribution in [0.1, 0.15) is 32.5 Å². The van der Waals surface area contributed by atoms with Gasteiger partial charge in [0.15, 0.2) is 0 Å². The molecule has 100 valence electrons. The van der Waals surface area contributed by atoms with E-state index in [1.54, 1.807) is 12.4 Å². The van der Waals surface area contributed by atoms with E-state index in [-0.39, 0.29) is 0 Å². The van der Waals surface area contributed by atoms with Crippen LogP contribution in [0.2, 0.25) is 0 Å². The Morgan fingerprint density at radius 1 is 1.32 bits per heavy atom. The predicted octanol–water partition coefficient (Wildman–Crippen LogP) is 3.72. The lowest BCUT2D eigenvalue weighted by Gasteiger charge is -2.09. The maximum Gasteiger partial charge on any atom is 0.138 e. The smallest absolute Gasteiger partial charge is 0.138 e. The molecular weight excluding hydrogens is 258 g/mol. The summed E-state index contributed by atoms with van der Waals surface area (Å²) in [4.78, 5) is 11.8. The second-order valence-corrected chi connectivity index (χ2v) is 4.93. The van der Waals surface area contributed by atoms with E-state index < -0.39 is 0 Å². The lowest BCUT2D eigenvalue weighted by Crippen LogP contribution is -2.00. The van der Waals surface area contributed by atoms with E-state index in [2.05, 4.69) is 28.8 Å². The van der Waals surface area contributed by atoms with Gasteiger partial charge in [0.1, 0.15) is 16.2 Å². The number of rotatable bonds is 4. The normalized spacial score (nSPS) is 10.7. The number of pyridine rings is 1. The van der Waals surface area contributed by atoms with E-state index in [1.165, 1.54) is 0 Å². The Balaban J connectivity index is 2.46. The molecule has 0 spiro atoms. The molecule has 0 saturated carbocycles. The highest BCUT2D eigenvalue weighted by atomic mass is 32.1. The Kier molecular flexibility index (Phi) is 4.27. The summed E-state index contributed by atoms with van der Waals surface area (Å²) in [5, 5.41) is 0. The maximum atomic E-state index is 5.46. The van der Waals surface area contributed by atoms with Crippen LogP contribution in [0, 0.1) is 4.64 Å². The van der Waals surface area contributed by atoms with E-state index in [0.29, 0.717) is 17.2 Å². The third-order valence-electron chi connectivity index (χ3n) is 2.64. The Bertz CT molecular complexity index is 622. The first-order valence-corrected chi connectivity index (χ1v) is 6.70. The first-order valence-electron chi connectivity index (χ1n) is 6.29. The largest absolute Gasteiger partial charge is 0.492 e. The number of ether oxygens (including phenoxy) is 1. The van der Waals surface area contributed by atoms with Gasteiger partial charge in [0.25, 0.3) is 0 Å². The quantitative estimate of drug-likeness (QED) is 0.864. The molecule has 19 heavy (non-hydrogen) atoms. The van der Waals surface area contributed by atoms with Gasteiger partial charge in [-0.15, -0.1) is 0 Å². The molecule has 0 radical (unpaired) electrons. The molecule has 0 saturated heterocycles. The topological polar surface area (TPSA) is 50.8 Å². The maximum absolute atomic E-state index is 5.46. The molecule has 0 fully saturated rings. The summed E-state index contributed by atoms with van der Waals surface area (Å²) in [6.07, 6.45) is 3.49. The van der Waals surface area contributed by atoms with E-state index in [0.717, 1.165) is 22.8 Å². The van der Waals surface area contributed by atoms with Gasteiger partial charge in [0.2, 0.25) is 0 Å². The summed E-state index contributed by atoms with van der Waals surface area (Å²) in [5.74, 6) is 1.93. The van der Waals surface area contributed by atoms with Crippen molar-refractivity contribution in [3.05, 3.63) is 35.0 Å². The number of aromatic nitrogens is 3. The zero-order chi connectivity index (χ0) is 13.8. The van der Waals surface area contributed by atoms with Crippen molar-refractivity contribution < 1.29 is 4.74 Å². The van der Waals surface area contributed by atoms with E-state index >= 15 is 0 Å². The molecule has 0 bridgehead atoms. The van der Waals surface area contributed by atoms with Crippen molar-refractivity contribution in [2.75, 3.05) is 6.61 Å². The van der Waals surface area contributed by atoms with Gasteiger partial charge in [0, 0.05) is 17.7 Å². The third-order valence-corrected chi connectivity index (χ3v) is 2.85. The first-order chi connectivity index (χ1) is 9.10. The molecule has 0 amide bonds. The van der Waals surface area contributed by atoms with E-state index in [1.807, 2.05) is 19.1 Å². The zero-order valence-electron chi connectivity index (χ0n) is 11.3. The van der Waals surface area contributed by atoms with E-state index in [4.69, 9.17) is 17.0 Å². The molecule has 2 aromatic heterocycles. The van der Waals surface area contributed by atoms with Gasteiger partial charge in [-0.25, -0.2) is 4.98 Å². The van der Waals surface area contributed by atoms with Crippen molar-refractivity contribution in [2.24, 2.45) is 0 Å². The Morgan fingerprint density at radius 2 is 2.11 bits per heavy atom. The van der Waals surface area contributed by atoms with Crippen LogP contribution >= 0.6 is 12.2 Å². The van der Waals surface area contributed by atoms with Crippen LogP contribution in [0.15, 0.2) is 24.5 Å². The Labute approximate surface area is 117 Å². The fourth-order valence-corrected chi connectivity index (χ4v) is 1.93. The fourth-order valence-electron chi connectivity index (χ4n) is 1.72. The van der Waals surface area contributed by atoms with Gasteiger partial charge in [-0.05, 0) is 19.1 Å². The summed E-state index contributed by atoms with van der Waals surface area (Å²) in [5.41, 5.74) is 1.86. The van der Waals surface area contributed by atoms with Crippen LogP contribution in [-0.4, -0.2) is 21.6 Å². The minimum absolute atomic E-state index is 0.296. The average molecular weight is 275 g/mol. The van der Waals surface area contributed by atoms with E-state index in [9.17, 15) is 0 Å². The van der Waals surface area contributed by atoms with Gasteiger partial charge in [-0.1, -0.05) is 26.1 Å². The van der Waals surface area contributed by atoms with Crippen LogP contribution in [-0.2, 0) is 0 Å². The summed E-state index contributed by atoms with van der Waals surface area (Å²) in [6.45, 7) is 6.72. The molecule has 1 N–H and O–H groups in total. The van der Waals surface area contributed by atoms with Crippen molar-refractivity contribution in [1.82, 2.24) is 15.0 Å². The van der Waals surface area contributed by atoms with Gasteiger partial charge in [-0.2, -0.15) is 0 Å². The van der Waals surface area contributed by atoms with Crippen LogP contribution in [0.3, 0.4) is 0 Å². The summed E-state index contributed by atoms with van der Waals surface area (Å²) in [6, 6.07) is 3.79. The molecule has 0 aromatic carbocycles. The van der Waals surface area contributed by atoms with Crippen molar-refractivity contribution in [1.29, 1.82) is 0 Å². The van der Waals surface area contributed by atoms with Crippen molar-refractivity contribution in [3.8, 4) is 17.0 Å².